The Morgan fingerprint density at radius 2 is 1.86 bits per heavy atom. The van der Waals surface area contributed by atoms with E-state index in [9.17, 15) is 4.79 Å². The average molecular weight is 406 g/mol. The zero-order chi connectivity index (χ0) is 19.9. The molecule has 6 nitrogen and oxygen atoms in total. The van der Waals surface area contributed by atoms with Crippen LogP contribution in [0.4, 0.5) is 0 Å². The van der Waals surface area contributed by atoms with Crippen LogP contribution in [-0.2, 0) is 19.3 Å². The largest absolute Gasteiger partial charge is 0.350 e. The molecular weight excluding hydrogens is 382 g/mol. The van der Waals surface area contributed by atoms with Gasteiger partial charge in [0, 0.05) is 36.7 Å². The molecule has 29 heavy (non-hydrogen) atoms. The van der Waals surface area contributed by atoms with E-state index in [-0.39, 0.29) is 5.91 Å². The second-order valence-electron chi connectivity index (χ2n) is 6.86. The molecule has 1 amide bonds. The lowest BCUT2D eigenvalue weighted by Gasteiger charge is -2.02. The Morgan fingerprint density at radius 3 is 2.72 bits per heavy atom. The van der Waals surface area contributed by atoms with Crippen LogP contribution in [0.2, 0.25) is 0 Å². The fourth-order valence-electron chi connectivity index (χ4n) is 3.16. The summed E-state index contributed by atoms with van der Waals surface area (Å²) in [6, 6.07) is 13.9. The fourth-order valence-corrected chi connectivity index (χ4v) is 3.98. The molecule has 3 heterocycles. The van der Waals surface area contributed by atoms with Gasteiger partial charge in [0.1, 0.15) is 11.5 Å². The molecule has 4 aromatic rings. The van der Waals surface area contributed by atoms with Crippen LogP contribution in [0.25, 0.3) is 11.0 Å². The van der Waals surface area contributed by atoms with Crippen LogP contribution in [0.1, 0.15) is 39.9 Å². The number of amides is 1. The number of hydrogen-bond donors (Lipinski definition) is 2. The number of aromatic amines is 1. The van der Waals surface area contributed by atoms with E-state index in [4.69, 9.17) is 0 Å². The van der Waals surface area contributed by atoms with Crippen molar-refractivity contribution in [3.05, 3.63) is 76.3 Å². The first kappa shape index (κ1) is 19.3. The highest BCUT2D eigenvalue weighted by atomic mass is 32.1. The number of nitrogens with zero attached hydrogens (tertiary/aromatic N) is 3. The first-order chi connectivity index (χ1) is 14.3. The molecule has 0 saturated heterocycles. The number of pyridine rings is 1. The smallest absolute Gasteiger partial charge is 0.270 e. The molecule has 1 aromatic carbocycles. The lowest BCUT2D eigenvalue weighted by atomic mass is 10.2. The number of para-hydroxylation sites is 2. The highest BCUT2D eigenvalue weighted by molar-refractivity contribution is 7.09. The van der Waals surface area contributed by atoms with Gasteiger partial charge in [-0.3, -0.25) is 9.78 Å². The fraction of sp³-hybridized carbons (Fsp3) is 0.273. The predicted molar refractivity (Wildman–Crippen MR) is 115 cm³/mol. The molecule has 0 aliphatic carbocycles. The maximum atomic E-state index is 12.2. The second-order valence-corrected chi connectivity index (χ2v) is 7.80. The Bertz CT molecular complexity index is 1040. The quantitative estimate of drug-likeness (QED) is 0.413. The number of carbonyl (C=O) groups excluding carboxylic acids is 1. The summed E-state index contributed by atoms with van der Waals surface area (Å²) < 4.78 is 0. The van der Waals surface area contributed by atoms with E-state index in [1.807, 2.05) is 47.8 Å². The SMILES string of the molecule is O=C(NCCc1ccccn1)c1csc(CCCCc2nc3ccccc3[nH]2)n1. The zero-order valence-electron chi connectivity index (χ0n) is 16.1. The van der Waals surface area contributed by atoms with Crippen LogP contribution >= 0.6 is 11.3 Å². The Balaban J connectivity index is 1.19. The average Bonchev–Trinajstić information content (AvgIpc) is 3.38. The van der Waals surface area contributed by atoms with Crippen LogP contribution < -0.4 is 5.32 Å². The van der Waals surface area contributed by atoms with Crippen LogP contribution in [0, 0.1) is 0 Å². The number of hydrogen-bond acceptors (Lipinski definition) is 5. The molecule has 0 aliphatic rings. The van der Waals surface area contributed by atoms with Crippen molar-refractivity contribution in [2.75, 3.05) is 6.54 Å². The van der Waals surface area contributed by atoms with Crippen molar-refractivity contribution < 1.29 is 4.79 Å². The molecule has 0 radical (unpaired) electrons. The third-order valence-corrected chi connectivity index (χ3v) is 5.58. The molecule has 4 rings (SSSR count). The van der Waals surface area contributed by atoms with Crippen molar-refractivity contribution in [3.63, 3.8) is 0 Å². The van der Waals surface area contributed by atoms with Crippen molar-refractivity contribution in [1.82, 2.24) is 25.3 Å². The number of benzene rings is 1. The molecule has 7 heteroatoms. The van der Waals surface area contributed by atoms with Gasteiger partial charge in [-0.1, -0.05) is 18.2 Å². The second kappa shape index (κ2) is 9.43. The van der Waals surface area contributed by atoms with E-state index in [0.29, 0.717) is 18.7 Å². The molecule has 0 fully saturated rings. The van der Waals surface area contributed by atoms with Gasteiger partial charge in [-0.2, -0.15) is 0 Å². The highest BCUT2D eigenvalue weighted by Crippen LogP contribution is 2.15. The highest BCUT2D eigenvalue weighted by Gasteiger charge is 2.10. The van der Waals surface area contributed by atoms with Crippen LogP contribution in [0.15, 0.2) is 54.0 Å². The number of unbranched alkanes of at least 4 members (excludes halogenated alkanes) is 1. The number of aryl methyl sites for hydroxylation is 2. The van der Waals surface area contributed by atoms with E-state index < -0.39 is 0 Å². The lowest BCUT2D eigenvalue weighted by molar-refractivity contribution is 0.0949. The molecule has 0 aliphatic heterocycles. The molecule has 0 atom stereocenters. The molecule has 0 saturated carbocycles. The maximum absolute atomic E-state index is 12.2. The number of fused-ring (bicyclic) bond motifs is 1. The number of H-pyrrole nitrogens is 1. The predicted octanol–water partition coefficient (Wildman–Crippen LogP) is 3.95. The molecule has 3 aromatic heterocycles. The number of imidazole rings is 1. The lowest BCUT2D eigenvalue weighted by Crippen LogP contribution is -2.26. The summed E-state index contributed by atoms with van der Waals surface area (Å²) in [5.74, 6) is 0.906. The van der Waals surface area contributed by atoms with E-state index >= 15 is 0 Å². The maximum Gasteiger partial charge on any atom is 0.270 e. The number of nitrogens with one attached hydrogen (secondary N) is 2. The van der Waals surface area contributed by atoms with E-state index in [1.165, 1.54) is 0 Å². The molecular formula is C22H23N5OS. The number of thiazole rings is 1. The minimum Gasteiger partial charge on any atom is -0.350 e. The molecule has 2 N–H and O–H groups in total. The van der Waals surface area contributed by atoms with Crippen molar-refractivity contribution in [2.24, 2.45) is 0 Å². The van der Waals surface area contributed by atoms with Gasteiger partial charge < -0.3 is 10.3 Å². The van der Waals surface area contributed by atoms with Crippen LogP contribution in [-0.4, -0.2) is 32.4 Å². The Labute approximate surface area is 173 Å². The van der Waals surface area contributed by atoms with Gasteiger partial charge in [0.25, 0.3) is 5.91 Å². The van der Waals surface area contributed by atoms with Crippen molar-refractivity contribution in [2.45, 2.75) is 32.1 Å². The Kier molecular flexibility index (Phi) is 6.26. The number of rotatable bonds is 9. The standard InChI is InChI=1S/C22H23N5OS/c28-22(24-14-12-16-7-5-6-13-23-16)19-15-29-21(27-19)11-4-3-10-20-25-17-8-1-2-9-18(17)26-20/h1-2,5-9,13,15H,3-4,10-12,14H2,(H,24,28)(H,25,26). The van der Waals surface area contributed by atoms with Gasteiger partial charge in [-0.15, -0.1) is 11.3 Å². The van der Waals surface area contributed by atoms with E-state index in [2.05, 4.69) is 25.3 Å². The van der Waals surface area contributed by atoms with Crippen LogP contribution in [0.5, 0.6) is 0 Å². The van der Waals surface area contributed by atoms with Crippen LogP contribution in [0.3, 0.4) is 0 Å². The summed E-state index contributed by atoms with van der Waals surface area (Å²) in [7, 11) is 0. The van der Waals surface area contributed by atoms with E-state index in [0.717, 1.165) is 53.2 Å². The Hall–Kier alpha value is -3.06. The molecule has 0 spiro atoms. The third kappa shape index (κ3) is 5.26. The summed E-state index contributed by atoms with van der Waals surface area (Å²) >= 11 is 1.55. The summed E-state index contributed by atoms with van der Waals surface area (Å²) in [6.45, 7) is 0.556. The third-order valence-electron chi connectivity index (χ3n) is 4.67. The molecule has 0 bridgehead atoms. The first-order valence-corrected chi connectivity index (χ1v) is 10.7. The summed E-state index contributed by atoms with van der Waals surface area (Å²) in [5, 5.41) is 5.76. The Morgan fingerprint density at radius 1 is 1.00 bits per heavy atom. The first-order valence-electron chi connectivity index (χ1n) is 9.84. The van der Waals surface area contributed by atoms with Gasteiger partial charge >= 0.3 is 0 Å². The molecule has 148 valence electrons. The van der Waals surface area contributed by atoms with Gasteiger partial charge in [-0.25, -0.2) is 9.97 Å². The topological polar surface area (TPSA) is 83.6 Å². The van der Waals surface area contributed by atoms with Crippen molar-refractivity contribution in [1.29, 1.82) is 0 Å². The van der Waals surface area contributed by atoms with Gasteiger partial charge in [0.2, 0.25) is 0 Å². The summed E-state index contributed by atoms with van der Waals surface area (Å²) in [4.78, 5) is 29.0. The summed E-state index contributed by atoms with van der Waals surface area (Å²) in [6.07, 6.45) is 6.33. The van der Waals surface area contributed by atoms with Gasteiger partial charge in [0.15, 0.2) is 0 Å². The number of aromatic nitrogens is 4. The zero-order valence-corrected chi connectivity index (χ0v) is 16.9. The van der Waals surface area contributed by atoms with Crippen molar-refractivity contribution in [3.8, 4) is 0 Å². The number of carbonyl (C=O) groups is 1. The molecule has 0 unspecified atom stereocenters. The minimum absolute atomic E-state index is 0.120. The van der Waals surface area contributed by atoms with Gasteiger partial charge in [-0.05, 0) is 43.5 Å². The minimum atomic E-state index is -0.120. The van der Waals surface area contributed by atoms with Crippen molar-refractivity contribution >= 4 is 28.3 Å². The summed E-state index contributed by atoms with van der Waals surface area (Å²) in [5.41, 5.74) is 3.57. The van der Waals surface area contributed by atoms with Gasteiger partial charge in [0.05, 0.1) is 16.0 Å². The normalized spacial score (nSPS) is 11.0. The monoisotopic (exact) mass is 405 g/mol. The van der Waals surface area contributed by atoms with E-state index in [1.54, 1.807) is 17.5 Å².